The van der Waals surface area contributed by atoms with Crippen LogP contribution in [0.25, 0.3) is 0 Å². The summed E-state index contributed by atoms with van der Waals surface area (Å²) in [6.07, 6.45) is 1.66. The summed E-state index contributed by atoms with van der Waals surface area (Å²) >= 11 is 8.56. The number of halogens is 2. The Bertz CT molecular complexity index is 782. The number of amides is 1. The van der Waals surface area contributed by atoms with Gasteiger partial charge >= 0.3 is 0 Å². The molecule has 0 aliphatic carbocycles. The zero-order valence-electron chi connectivity index (χ0n) is 13.0. The lowest BCUT2D eigenvalue weighted by Gasteiger charge is -2.34. The average molecular weight is 475 g/mol. The third-order valence-corrected chi connectivity index (χ3v) is 6.06. The van der Waals surface area contributed by atoms with E-state index in [1.165, 1.54) is 15.5 Å². The van der Waals surface area contributed by atoms with Crippen LogP contribution >= 0.6 is 43.2 Å². The number of hydrogen-bond donors (Lipinski definition) is 0. The number of nitrogens with zero attached hydrogens (tertiary/aromatic N) is 3. The molecule has 1 amide bonds. The molecule has 3 rings (SSSR count). The monoisotopic (exact) mass is 473 g/mol. The largest absolute Gasteiger partial charge is 0.339 e. The van der Waals surface area contributed by atoms with Crippen molar-refractivity contribution < 1.29 is 4.79 Å². The van der Waals surface area contributed by atoms with E-state index in [0.29, 0.717) is 13.1 Å². The van der Waals surface area contributed by atoms with Crippen LogP contribution in [0, 0.1) is 0 Å². The first kappa shape index (κ1) is 17.8. The van der Waals surface area contributed by atoms with E-state index in [-0.39, 0.29) is 18.0 Å². The Morgan fingerprint density at radius 3 is 2.50 bits per heavy atom. The summed E-state index contributed by atoms with van der Waals surface area (Å²) in [5, 5.41) is 0. The van der Waals surface area contributed by atoms with E-state index in [4.69, 9.17) is 0 Å². The molecule has 1 fully saturated rings. The Kier molecular flexibility index (Phi) is 5.91. The minimum absolute atomic E-state index is 0.00582. The van der Waals surface area contributed by atoms with E-state index in [9.17, 15) is 9.59 Å². The second kappa shape index (κ2) is 7.95. The molecule has 2 aromatic heterocycles. The number of thiophene rings is 1. The van der Waals surface area contributed by atoms with Gasteiger partial charge in [0.1, 0.15) is 6.54 Å². The molecule has 0 bridgehead atoms. The van der Waals surface area contributed by atoms with Gasteiger partial charge in [0.25, 0.3) is 5.56 Å². The molecule has 8 heteroatoms. The van der Waals surface area contributed by atoms with Crippen molar-refractivity contribution in [2.24, 2.45) is 0 Å². The van der Waals surface area contributed by atoms with Crippen LogP contribution in [0.2, 0.25) is 0 Å². The average Bonchev–Trinajstić information content (AvgIpc) is 2.96. The second-order valence-corrected chi connectivity index (χ2v) is 9.14. The topological polar surface area (TPSA) is 45.6 Å². The third kappa shape index (κ3) is 4.56. The fourth-order valence-electron chi connectivity index (χ4n) is 2.68. The van der Waals surface area contributed by atoms with Crippen LogP contribution in [-0.2, 0) is 17.9 Å². The SMILES string of the molecule is O=C(Cn1cc(Br)ccc1=O)N1CCN(Cc2ccc(Br)s2)CC1. The molecule has 0 unspecified atom stereocenters. The van der Waals surface area contributed by atoms with Crippen LogP contribution in [0.15, 0.2) is 43.5 Å². The summed E-state index contributed by atoms with van der Waals surface area (Å²) in [7, 11) is 0. The summed E-state index contributed by atoms with van der Waals surface area (Å²) < 4.78 is 3.38. The first-order valence-corrected chi connectivity index (χ1v) is 10.0. The number of rotatable bonds is 4. The summed E-state index contributed by atoms with van der Waals surface area (Å²) in [5.74, 6) is -0.00582. The van der Waals surface area contributed by atoms with Gasteiger partial charge in [0.15, 0.2) is 0 Å². The van der Waals surface area contributed by atoms with Crippen molar-refractivity contribution in [1.29, 1.82) is 0 Å². The van der Waals surface area contributed by atoms with E-state index >= 15 is 0 Å². The van der Waals surface area contributed by atoms with Gasteiger partial charge in [-0.1, -0.05) is 0 Å². The molecule has 1 saturated heterocycles. The van der Waals surface area contributed by atoms with Crippen LogP contribution in [0.3, 0.4) is 0 Å². The van der Waals surface area contributed by atoms with Gasteiger partial charge < -0.3 is 9.47 Å². The predicted octanol–water partition coefficient (Wildman–Crippen LogP) is 2.78. The standard InChI is InChI=1S/C16H17Br2N3O2S/c17-12-1-4-15(22)21(9-12)11-16(23)20-7-5-19(6-8-20)10-13-2-3-14(18)24-13/h1-4,9H,5-8,10-11H2. The number of carbonyl (C=O) groups is 1. The van der Waals surface area contributed by atoms with Gasteiger partial charge in [0.2, 0.25) is 5.91 Å². The summed E-state index contributed by atoms with van der Waals surface area (Å²) in [4.78, 5) is 29.8. The van der Waals surface area contributed by atoms with E-state index in [1.54, 1.807) is 23.6 Å². The Labute approximate surface area is 161 Å². The fourth-order valence-corrected chi connectivity index (χ4v) is 4.59. The van der Waals surface area contributed by atoms with Gasteiger partial charge in [0, 0.05) is 54.3 Å². The third-order valence-electron chi connectivity index (χ3n) is 3.99. The van der Waals surface area contributed by atoms with Crippen LogP contribution in [-0.4, -0.2) is 46.5 Å². The first-order valence-electron chi connectivity index (χ1n) is 7.61. The van der Waals surface area contributed by atoms with E-state index in [1.807, 2.05) is 4.90 Å². The Balaban J connectivity index is 1.53. The molecule has 0 saturated carbocycles. The van der Waals surface area contributed by atoms with Crippen molar-refractivity contribution in [3.05, 3.63) is 54.0 Å². The van der Waals surface area contributed by atoms with Crippen LogP contribution in [0.4, 0.5) is 0 Å². The molecular formula is C16H17Br2N3O2S. The highest BCUT2D eigenvalue weighted by Gasteiger charge is 2.21. The van der Waals surface area contributed by atoms with Crippen molar-refractivity contribution in [2.75, 3.05) is 26.2 Å². The number of pyridine rings is 1. The van der Waals surface area contributed by atoms with E-state index in [2.05, 4.69) is 48.9 Å². The van der Waals surface area contributed by atoms with E-state index in [0.717, 1.165) is 27.9 Å². The summed E-state index contributed by atoms with van der Waals surface area (Å²) in [6.45, 7) is 4.13. The highest BCUT2D eigenvalue weighted by Crippen LogP contribution is 2.23. The lowest BCUT2D eigenvalue weighted by Crippen LogP contribution is -2.49. The first-order chi connectivity index (χ1) is 11.5. The molecule has 24 heavy (non-hydrogen) atoms. The van der Waals surface area contributed by atoms with Crippen LogP contribution in [0.1, 0.15) is 4.88 Å². The molecular weight excluding hydrogens is 458 g/mol. The van der Waals surface area contributed by atoms with Crippen molar-refractivity contribution in [2.45, 2.75) is 13.1 Å². The quantitative estimate of drug-likeness (QED) is 0.684. The minimum Gasteiger partial charge on any atom is -0.339 e. The maximum absolute atomic E-state index is 12.4. The van der Waals surface area contributed by atoms with Gasteiger partial charge in [-0.2, -0.15) is 0 Å². The zero-order valence-corrected chi connectivity index (χ0v) is 16.9. The second-order valence-electron chi connectivity index (χ2n) is 5.68. The smallest absolute Gasteiger partial charge is 0.251 e. The number of carbonyl (C=O) groups excluding carboxylic acids is 1. The van der Waals surface area contributed by atoms with Gasteiger partial charge in [-0.05, 0) is 50.1 Å². The summed E-state index contributed by atoms with van der Waals surface area (Å²) in [6, 6.07) is 7.35. The molecule has 5 nitrogen and oxygen atoms in total. The Morgan fingerprint density at radius 2 is 1.83 bits per heavy atom. The zero-order chi connectivity index (χ0) is 17.1. The minimum atomic E-state index is -0.159. The molecule has 0 atom stereocenters. The molecule has 0 aromatic carbocycles. The maximum Gasteiger partial charge on any atom is 0.251 e. The van der Waals surface area contributed by atoms with Crippen molar-refractivity contribution in [3.8, 4) is 0 Å². The molecule has 1 aliphatic rings. The molecule has 0 spiro atoms. The van der Waals surface area contributed by atoms with Gasteiger partial charge in [-0.3, -0.25) is 14.5 Å². The number of aromatic nitrogens is 1. The normalized spacial score (nSPS) is 15.7. The lowest BCUT2D eigenvalue weighted by atomic mass is 10.3. The van der Waals surface area contributed by atoms with E-state index < -0.39 is 0 Å². The Morgan fingerprint density at radius 1 is 1.08 bits per heavy atom. The van der Waals surface area contributed by atoms with Gasteiger partial charge in [0.05, 0.1) is 3.79 Å². The molecule has 0 radical (unpaired) electrons. The highest BCUT2D eigenvalue weighted by atomic mass is 79.9. The van der Waals surface area contributed by atoms with Crippen LogP contribution in [0.5, 0.6) is 0 Å². The van der Waals surface area contributed by atoms with Crippen molar-refractivity contribution in [1.82, 2.24) is 14.4 Å². The van der Waals surface area contributed by atoms with Gasteiger partial charge in [-0.15, -0.1) is 11.3 Å². The lowest BCUT2D eigenvalue weighted by molar-refractivity contribution is -0.133. The maximum atomic E-state index is 12.4. The van der Waals surface area contributed by atoms with Gasteiger partial charge in [-0.25, -0.2) is 0 Å². The molecule has 1 aliphatic heterocycles. The number of hydrogen-bond acceptors (Lipinski definition) is 4. The summed E-state index contributed by atoms with van der Waals surface area (Å²) in [5.41, 5.74) is -0.159. The van der Waals surface area contributed by atoms with Crippen molar-refractivity contribution >= 4 is 49.1 Å². The number of piperazine rings is 1. The molecule has 3 heterocycles. The highest BCUT2D eigenvalue weighted by molar-refractivity contribution is 9.11. The molecule has 128 valence electrons. The fraction of sp³-hybridized carbons (Fsp3) is 0.375. The predicted molar refractivity (Wildman–Crippen MR) is 102 cm³/mol. The van der Waals surface area contributed by atoms with Crippen LogP contribution < -0.4 is 5.56 Å². The Hall–Kier alpha value is -0.960. The van der Waals surface area contributed by atoms with Crippen molar-refractivity contribution in [3.63, 3.8) is 0 Å². The molecule has 0 N–H and O–H groups in total. The molecule has 2 aromatic rings.